The second-order valence-corrected chi connectivity index (χ2v) is 10.4. The second kappa shape index (κ2) is 7.27. The van der Waals surface area contributed by atoms with Crippen LogP contribution in [0.15, 0.2) is 40.6 Å². The van der Waals surface area contributed by atoms with E-state index >= 15 is 0 Å². The molecule has 1 aliphatic carbocycles. The van der Waals surface area contributed by atoms with Crippen LogP contribution in [0.25, 0.3) is 0 Å². The van der Waals surface area contributed by atoms with Crippen LogP contribution in [-0.4, -0.2) is 35.6 Å². The lowest BCUT2D eigenvalue weighted by Crippen LogP contribution is -2.28. The van der Waals surface area contributed by atoms with E-state index in [9.17, 15) is 8.42 Å². The van der Waals surface area contributed by atoms with Crippen LogP contribution < -0.4 is 4.74 Å². The second-order valence-electron chi connectivity index (χ2n) is 7.19. The molecule has 26 heavy (non-hydrogen) atoms. The van der Waals surface area contributed by atoms with Gasteiger partial charge in [-0.2, -0.15) is 0 Å². The zero-order chi connectivity index (χ0) is 18.1. The van der Waals surface area contributed by atoms with Gasteiger partial charge in [0, 0.05) is 31.6 Å². The first-order valence-electron chi connectivity index (χ1n) is 9.14. The molecule has 0 atom stereocenters. The minimum Gasteiger partial charge on any atom is -0.493 e. The summed E-state index contributed by atoms with van der Waals surface area (Å²) in [5.41, 5.74) is 1.02. The predicted octanol–water partition coefficient (Wildman–Crippen LogP) is 3.48. The Morgan fingerprint density at radius 1 is 1.27 bits per heavy atom. The minimum atomic E-state index is -3.25. The fourth-order valence-corrected chi connectivity index (χ4v) is 6.78. The Morgan fingerprint density at radius 3 is 2.81 bits per heavy atom. The summed E-state index contributed by atoms with van der Waals surface area (Å²) in [5.74, 6) is 2.41. The van der Waals surface area contributed by atoms with E-state index in [0.717, 1.165) is 54.3 Å². The van der Waals surface area contributed by atoms with E-state index in [2.05, 4.69) is 4.98 Å². The summed E-state index contributed by atoms with van der Waals surface area (Å²) < 4.78 is 33.6. The molecule has 0 amide bonds. The van der Waals surface area contributed by atoms with Gasteiger partial charge in [0.1, 0.15) is 5.75 Å². The van der Waals surface area contributed by atoms with Crippen LogP contribution in [0.5, 0.6) is 5.75 Å². The van der Waals surface area contributed by atoms with Gasteiger partial charge in [0.25, 0.3) is 0 Å². The highest BCUT2D eigenvalue weighted by molar-refractivity contribution is 7.99. The average molecular weight is 393 g/mol. The van der Waals surface area contributed by atoms with E-state index < -0.39 is 9.84 Å². The van der Waals surface area contributed by atoms with Gasteiger partial charge in [-0.15, -0.1) is 0 Å². The zero-order valence-corrected chi connectivity index (χ0v) is 16.6. The van der Waals surface area contributed by atoms with Crippen molar-refractivity contribution in [3.05, 3.63) is 36.2 Å². The van der Waals surface area contributed by atoms with Crippen molar-refractivity contribution < 1.29 is 13.2 Å². The van der Waals surface area contributed by atoms with E-state index in [-0.39, 0.29) is 5.25 Å². The summed E-state index contributed by atoms with van der Waals surface area (Å²) in [6, 6.07) is 5.34. The Bertz CT molecular complexity index is 884. The molecule has 7 heteroatoms. The number of aryl methyl sites for hydroxylation is 1. The Balaban J connectivity index is 1.37. The molecule has 0 saturated heterocycles. The molecule has 0 bridgehead atoms. The molecule has 5 nitrogen and oxygen atoms in total. The maximum atomic E-state index is 13.0. The topological polar surface area (TPSA) is 61.2 Å². The molecule has 1 aromatic heterocycles. The number of hydrogen-bond donors (Lipinski definition) is 0. The molecule has 1 aromatic carbocycles. The van der Waals surface area contributed by atoms with Gasteiger partial charge in [0.05, 0.1) is 16.8 Å². The number of rotatable bonds is 5. The highest BCUT2D eigenvalue weighted by Crippen LogP contribution is 2.36. The number of fused-ring (bicyclic) bond motifs is 1. The van der Waals surface area contributed by atoms with E-state index in [1.807, 2.05) is 36.1 Å². The van der Waals surface area contributed by atoms with Crippen molar-refractivity contribution in [2.24, 2.45) is 13.0 Å². The number of imidazole rings is 1. The van der Waals surface area contributed by atoms with Gasteiger partial charge in [-0.25, -0.2) is 13.4 Å². The highest BCUT2D eigenvalue weighted by atomic mass is 32.2. The Kier molecular flexibility index (Phi) is 5.01. The number of ether oxygens (including phenoxy) is 1. The minimum absolute atomic E-state index is 0.253. The predicted molar refractivity (Wildman–Crippen MR) is 103 cm³/mol. The molecule has 2 heterocycles. The maximum Gasteiger partial charge on any atom is 0.181 e. The fourth-order valence-electron chi connectivity index (χ4n) is 3.82. The number of thioether (sulfide) groups is 1. The third-order valence-electron chi connectivity index (χ3n) is 5.45. The summed E-state index contributed by atoms with van der Waals surface area (Å²) >= 11 is 1.77. The van der Waals surface area contributed by atoms with Gasteiger partial charge >= 0.3 is 0 Å². The number of aromatic nitrogens is 2. The Hall–Kier alpha value is -1.47. The normalized spacial score (nSPS) is 22.8. The van der Waals surface area contributed by atoms with Crippen LogP contribution in [0.2, 0.25) is 0 Å². The van der Waals surface area contributed by atoms with Crippen molar-refractivity contribution in [3.63, 3.8) is 0 Å². The first kappa shape index (κ1) is 17.9. The maximum absolute atomic E-state index is 13.0. The molecule has 0 spiro atoms. The number of benzene rings is 1. The van der Waals surface area contributed by atoms with E-state index in [1.165, 1.54) is 0 Å². The molecule has 2 aromatic rings. The van der Waals surface area contributed by atoms with Gasteiger partial charge < -0.3 is 9.30 Å². The van der Waals surface area contributed by atoms with Crippen LogP contribution in [0.3, 0.4) is 0 Å². The molecule has 0 radical (unpaired) electrons. The van der Waals surface area contributed by atoms with Gasteiger partial charge in [0.15, 0.2) is 15.0 Å². The monoisotopic (exact) mass is 392 g/mol. The molecular formula is C19H24N2O3S2. The summed E-state index contributed by atoms with van der Waals surface area (Å²) in [5, 5.41) is 0.775. The summed E-state index contributed by atoms with van der Waals surface area (Å²) in [6.07, 6.45) is 8.00. The van der Waals surface area contributed by atoms with E-state index in [4.69, 9.17) is 4.74 Å². The smallest absolute Gasteiger partial charge is 0.181 e. The third-order valence-corrected chi connectivity index (χ3v) is 9.00. The van der Waals surface area contributed by atoms with Crippen LogP contribution in [-0.2, 0) is 23.3 Å². The van der Waals surface area contributed by atoms with Crippen molar-refractivity contribution in [2.75, 3.05) is 12.4 Å². The van der Waals surface area contributed by atoms with Gasteiger partial charge in [0.2, 0.25) is 0 Å². The molecule has 1 saturated carbocycles. The zero-order valence-electron chi connectivity index (χ0n) is 14.9. The molecule has 140 valence electrons. The van der Waals surface area contributed by atoms with Crippen molar-refractivity contribution in [1.82, 2.24) is 9.55 Å². The Labute approximate surface area is 159 Å². The first-order valence-corrected chi connectivity index (χ1v) is 11.7. The van der Waals surface area contributed by atoms with Crippen LogP contribution in [0, 0.1) is 5.92 Å². The summed E-state index contributed by atoms with van der Waals surface area (Å²) in [4.78, 5) is 4.81. The van der Waals surface area contributed by atoms with Crippen LogP contribution >= 0.6 is 11.8 Å². The van der Waals surface area contributed by atoms with Crippen molar-refractivity contribution in [1.29, 1.82) is 0 Å². The largest absolute Gasteiger partial charge is 0.493 e. The van der Waals surface area contributed by atoms with E-state index in [0.29, 0.717) is 17.4 Å². The molecule has 2 aliphatic rings. The van der Waals surface area contributed by atoms with Crippen molar-refractivity contribution >= 4 is 21.6 Å². The van der Waals surface area contributed by atoms with E-state index in [1.54, 1.807) is 17.8 Å². The lowest BCUT2D eigenvalue weighted by molar-refractivity contribution is 0.356. The fraction of sp³-hybridized carbons (Fsp3) is 0.526. The third kappa shape index (κ3) is 3.51. The SMILES string of the molecule is Cn1ccnc1SCC1CCC(S(=O)(=O)c2ccc3c(c2)CCO3)CC1. The standard InChI is InChI=1S/C19H24N2O3S2/c1-21-10-9-20-19(21)25-13-14-2-4-16(5-3-14)26(22,23)17-6-7-18-15(12-17)8-11-24-18/h6-7,9-10,12,14,16H,2-5,8,11,13H2,1H3. The summed E-state index contributed by atoms with van der Waals surface area (Å²) in [6.45, 7) is 0.650. The van der Waals surface area contributed by atoms with Gasteiger partial charge in [-0.1, -0.05) is 11.8 Å². The average Bonchev–Trinajstić information content (AvgIpc) is 3.28. The molecule has 1 aliphatic heterocycles. The van der Waals surface area contributed by atoms with Crippen molar-refractivity contribution in [2.45, 2.75) is 47.4 Å². The van der Waals surface area contributed by atoms with Gasteiger partial charge in [-0.05, 0) is 55.4 Å². The number of sulfone groups is 1. The quantitative estimate of drug-likeness (QED) is 0.729. The Morgan fingerprint density at radius 2 is 2.08 bits per heavy atom. The molecule has 0 N–H and O–H groups in total. The first-order chi connectivity index (χ1) is 12.5. The lowest BCUT2D eigenvalue weighted by atomic mass is 9.90. The molecule has 1 fully saturated rings. The number of hydrogen-bond acceptors (Lipinski definition) is 5. The molecule has 0 unspecified atom stereocenters. The van der Waals surface area contributed by atoms with Crippen LogP contribution in [0.4, 0.5) is 0 Å². The molecule has 4 rings (SSSR count). The van der Waals surface area contributed by atoms with Crippen molar-refractivity contribution in [3.8, 4) is 5.75 Å². The summed E-state index contributed by atoms with van der Waals surface area (Å²) in [7, 11) is -1.25. The lowest BCUT2D eigenvalue weighted by Gasteiger charge is -2.28. The number of nitrogens with zero attached hydrogens (tertiary/aromatic N) is 2. The molecular weight excluding hydrogens is 368 g/mol. The highest BCUT2D eigenvalue weighted by Gasteiger charge is 2.33. The van der Waals surface area contributed by atoms with Crippen LogP contribution in [0.1, 0.15) is 31.2 Å². The van der Waals surface area contributed by atoms with Gasteiger partial charge in [-0.3, -0.25) is 0 Å².